The molecule has 8 heteroatoms. The topological polar surface area (TPSA) is 114 Å². The molecule has 0 radical (unpaired) electrons. The molecule has 0 spiro atoms. The highest BCUT2D eigenvalue weighted by atomic mass is 16.5. The molecular weight excluding hydrogens is 494 g/mol. The number of benzene rings is 1. The Labute approximate surface area is 235 Å². The molecule has 0 aliphatic heterocycles. The Bertz CT molecular complexity index is 969. The van der Waals surface area contributed by atoms with Crippen molar-refractivity contribution < 1.29 is 23.9 Å². The Morgan fingerprint density at radius 3 is 1.56 bits per heavy atom. The second-order valence-corrected chi connectivity index (χ2v) is 14.6. The third kappa shape index (κ3) is 13.6. The lowest BCUT2D eigenvalue weighted by Crippen LogP contribution is -2.44. The Balaban J connectivity index is 2.98. The van der Waals surface area contributed by atoms with Gasteiger partial charge in [-0.1, -0.05) is 81.4 Å². The van der Waals surface area contributed by atoms with Crippen molar-refractivity contribution in [2.24, 2.45) is 21.7 Å². The van der Waals surface area contributed by atoms with Crippen LogP contribution in [0.5, 0.6) is 0 Å². The number of esters is 1. The standard InChI is InChI=1S/C31H51N3O5/c1-28(2,3)19-32-26(37)25(27(38)33-20-29(4,5)6)21-12-14-22(15-13-21)34-23(35)16-30(7,8)18-31(9,10)17-24(36)39-11/h12-15,25H,16-20H2,1-11H3,(H,32,37)(H,33,38)(H,34,35). The van der Waals surface area contributed by atoms with E-state index >= 15 is 0 Å². The zero-order valence-electron chi connectivity index (χ0n) is 26.0. The average molecular weight is 546 g/mol. The van der Waals surface area contributed by atoms with Crippen molar-refractivity contribution in [1.29, 1.82) is 0 Å². The summed E-state index contributed by atoms with van der Waals surface area (Å²) in [6.45, 7) is 21.0. The van der Waals surface area contributed by atoms with E-state index in [0.29, 0.717) is 30.8 Å². The number of methoxy groups -OCH3 is 1. The third-order valence-electron chi connectivity index (χ3n) is 6.08. The minimum atomic E-state index is -1.00. The van der Waals surface area contributed by atoms with E-state index in [1.165, 1.54) is 7.11 Å². The van der Waals surface area contributed by atoms with Crippen LogP contribution in [-0.4, -0.2) is 43.9 Å². The fourth-order valence-corrected chi connectivity index (χ4v) is 4.61. The smallest absolute Gasteiger partial charge is 0.306 e. The minimum Gasteiger partial charge on any atom is -0.469 e. The van der Waals surface area contributed by atoms with Gasteiger partial charge in [-0.3, -0.25) is 19.2 Å². The molecule has 39 heavy (non-hydrogen) atoms. The molecule has 0 saturated carbocycles. The van der Waals surface area contributed by atoms with E-state index in [2.05, 4.69) is 16.0 Å². The first-order chi connectivity index (χ1) is 17.6. The molecule has 0 heterocycles. The number of carbonyl (C=O) groups excluding carboxylic acids is 4. The van der Waals surface area contributed by atoms with Crippen molar-refractivity contribution in [3.63, 3.8) is 0 Å². The van der Waals surface area contributed by atoms with Crippen LogP contribution in [0, 0.1) is 21.7 Å². The monoisotopic (exact) mass is 545 g/mol. The Hall–Kier alpha value is -2.90. The molecule has 220 valence electrons. The van der Waals surface area contributed by atoms with Crippen molar-refractivity contribution in [2.45, 2.75) is 94.4 Å². The molecule has 1 rings (SSSR count). The van der Waals surface area contributed by atoms with E-state index in [0.717, 1.165) is 0 Å². The van der Waals surface area contributed by atoms with Crippen LogP contribution in [-0.2, 0) is 23.9 Å². The molecule has 0 atom stereocenters. The van der Waals surface area contributed by atoms with Crippen LogP contribution >= 0.6 is 0 Å². The molecule has 8 nitrogen and oxygen atoms in total. The SMILES string of the molecule is COC(=O)CC(C)(C)CC(C)(C)CC(=O)Nc1ccc(C(C(=O)NCC(C)(C)C)C(=O)NCC(C)(C)C)cc1. The molecule has 0 fully saturated rings. The quantitative estimate of drug-likeness (QED) is 0.239. The number of anilines is 1. The summed E-state index contributed by atoms with van der Waals surface area (Å²) in [7, 11) is 1.38. The number of rotatable bonds is 12. The van der Waals surface area contributed by atoms with Gasteiger partial charge in [-0.25, -0.2) is 0 Å². The van der Waals surface area contributed by atoms with Crippen LogP contribution in [0.15, 0.2) is 24.3 Å². The van der Waals surface area contributed by atoms with Gasteiger partial charge in [0.25, 0.3) is 0 Å². The van der Waals surface area contributed by atoms with Gasteiger partial charge in [0.1, 0.15) is 5.92 Å². The van der Waals surface area contributed by atoms with Gasteiger partial charge >= 0.3 is 5.97 Å². The van der Waals surface area contributed by atoms with E-state index in [1.807, 2.05) is 69.2 Å². The van der Waals surface area contributed by atoms with Crippen molar-refractivity contribution in [1.82, 2.24) is 10.6 Å². The summed E-state index contributed by atoms with van der Waals surface area (Å²) in [5.74, 6) is -2.13. The number of hydrogen-bond acceptors (Lipinski definition) is 5. The van der Waals surface area contributed by atoms with Gasteiger partial charge < -0.3 is 20.7 Å². The van der Waals surface area contributed by atoms with Crippen molar-refractivity contribution in [2.75, 3.05) is 25.5 Å². The largest absolute Gasteiger partial charge is 0.469 e. The number of amides is 3. The molecule has 0 saturated heterocycles. The van der Waals surface area contributed by atoms with Gasteiger partial charge in [0, 0.05) is 25.2 Å². The lowest BCUT2D eigenvalue weighted by molar-refractivity contribution is -0.143. The second-order valence-electron chi connectivity index (χ2n) is 14.6. The molecule has 0 aliphatic rings. The van der Waals surface area contributed by atoms with E-state index in [-0.39, 0.29) is 58.2 Å². The Morgan fingerprint density at radius 2 is 1.15 bits per heavy atom. The minimum absolute atomic E-state index is 0.126. The van der Waals surface area contributed by atoms with Gasteiger partial charge in [0.2, 0.25) is 17.7 Å². The van der Waals surface area contributed by atoms with E-state index < -0.39 is 5.92 Å². The second kappa shape index (κ2) is 13.4. The van der Waals surface area contributed by atoms with Crippen LogP contribution in [0.4, 0.5) is 5.69 Å². The first-order valence-corrected chi connectivity index (χ1v) is 13.7. The predicted molar refractivity (Wildman–Crippen MR) is 156 cm³/mol. The first kappa shape index (κ1) is 34.1. The predicted octanol–water partition coefficient (Wildman–Crippen LogP) is 5.43. The maximum Gasteiger partial charge on any atom is 0.306 e. The van der Waals surface area contributed by atoms with E-state index in [1.54, 1.807) is 24.3 Å². The highest BCUT2D eigenvalue weighted by Gasteiger charge is 2.33. The average Bonchev–Trinajstić information content (AvgIpc) is 2.75. The van der Waals surface area contributed by atoms with Gasteiger partial charge in [0.05, 0.1) is 13.5 Å². The summed E-state index contributed by atoms with van der Waals surface area (Å²) in [4.78, 5) is 50.8. The fraction of sp³-hybridized carbons (Fsp3) is 0.677. The number of ether oxygens (including phenoxy) is 1. The summed E-state index contributed by atoms with van der Waals surface area (Å²) < 4.78 is 4.80. The molecular formula is C31H51N3O5. The molecule has 0 bridgehead atoms. The van der Waals surface area contributed by atoms with Crippen LogP contribution in [0.2, 0.25) is 0 Å². The van der Waals surface area contributed by atoms with Crippen LogP contribution in [0.1, 0.15) is 100.0 Å². The normalized spacial score (nSPS) is 12.6. The number of carbonyl (C=O) groups is 4. The zero-order valence-corrected chi connectivity index (χ0v) is 26.0. The summed E-state index contributed by atoms with van der Waals surface area (Å²) >= 11 is 0. The van der Waals surface area contributed by atoms with Crippen molar-refractivity contribution >= 4 is 29.4 Å². The van der Waals surface area contributed by atoms with Gasteiger partial charge in [-0.05, 0) is 45.8 Å². The van der Waals surface area contributed by atoms with Crippen LogP contribution < -0.4 is 16.0 Å². The van der Waals surface area contributed by atoms with Gasteiger partial charge in [0.15, 0.2) is 0 Å². The molecule has 0 unspecified atom stereocenters. The molecule has 0 aromatic heterocycles. The maximum absolute atomic E-state index is 13.1. The van der Waals surface area contributed by atoms with Crippen molar-refractivity contribution in [3.8, 4) is 0 Å². The highest BCUT2D eigenvalue weighted by molar-refractivity contribution is 6.05. The maximum atomic E-state index is 13.1. The first-order valence-electron chi connectivity index (χ1n) is 13.7. The summed E-state index contributed by atoms with van der Waals surface area (Å²) in [6, 6.07) is 6.83. The Kier molecular flexibility index (Phi) is 11.8. The molecule has 1 aromatic carbocycles. The van der Waals surface area contributed by atoms with Crippen LogP contribution in [0.25, 0.3) is 0 Å². The van der Waals surface area contributed by atoms with E-state index in [9.17, 15) is 19.2 Å². The summed E-state index contributed by atoms with van der Waals surface area (Å²) in [5.41, 5.74) is 0.224. The van der Waals surface area contributed by atoms with E-state index in [4.69, 9.17) is 4.74 Å². The van der Waals surface area contributed by atoms with Crippen molar-refractivity contribution in [3.05, 3.63) is 29.8 Å². The van der Waals surface area contributed by atoms with Gasteiger partial charge in [-0.2, -0.15) is 0 Å². The molecule has 3 N–H and O–H groups in total. The number of hydrogen-bond donors (Lipinski definition) is 3. The highest BCUT2D eigenvalue weighted by Crippen LogP contribution is 2.38. The number of nitrogens with one attached hydrogen (secondary N) is 3. The molecule has 3 amide bonds. The van der Waals surface area contributed by atoms with Crippen LogP contribution in [0.3, 0.4) is 0 Å². The molecule has 0 aliphatic carbocycles. The summed E-state index contributed by atoms with van der Waals surface area (Å²) in [5, 5.41) is 8.73. The fourth-order valence-electron chi connectivity index (χ4n) is 4.61. The lowest BCUT2D eigenvalue weighted by Gasteiger charge is -2.34. The summed E-state index contributed by atoms with van der Waals surface area (Å²) in [6.07, 6.45) is 1.22. The molecule has 1 aromatic rings. The Morgan fingerprint density at radius 1 is 0.718 bits per heavy atom. The lowest BCUT2D eigenvalue weighted by atomic mass is 9.72. The van der Waals surface area contributed by atoms with Gasteiger partial charge in [-0.15, -0.1) is 0 Å². The third-order valence-corrected chi connectivity index (χ3v) is 6.08. The zero-order chi connectivity index (χ0) is 30.2.